The van der Waals surface area contributed by atoms with Crippen LogP contribution in [0.3, 0.4) is 0 Å². The average Bonchev–Trinajstić information content (AvgIpc) is 3.14. The summed E-state index contributed by atoms with van der Waals surface area (Å²) in [5, 5.41) is 6.57. The molecular formula is C30H48N2O2. The van der Waals surface area contributed by atoms with Gasteiger partial charge in [0.2, 0.25) is 5.91 Å². The quantitative estimate of drug-likeness (QED) is 0.347. The highest BCUT2D eigenvalue weighted by atomic mass is 16.2. The Morgan fingerprint density at radius 1 is 1.12 bits per heavy atom. The SMILES string of the molecule is CCCCC(CC)CNC(=O)c1ccccc1C1CCCCC12C(=O)NCC2(CC)CCCC. The van der Waals surface area contributed by atoms with Crippen LogP contribution in [0.5, 0.6) is 0 Å². The molecule has 1 aromatic carbocycles. The van der Waals surface area contributed by atoms with Crippen molar-refractivity contribution >= 4 is 11.8 Å². The predicted molar refractivity (Wildman–Crippen MR) is 141 cm³/mol. The first-order valence-corrected chi connectivity index (χ1v) is 14.1. The van der Waals surface area contributed by atoms with Gasteiger partial charge in [-0.3, -0.25) is 9.59 Å². The molecule has 0 radical (unpaired) electrons. The normalized spacial score (nSPS) is 27.5. The van der Waals surface area contributed by atoms with Gasteiger partial charge in [-0.15, -0.1) is 0 Å². The molecule has 2 fully saturated rings. The number of carbonyl (C=O) groups is 2. The van der Waals surface area contributed by atoms with Gasteiger partial charge in [-0.1, -0.05) is 90.8 Å². The molecule has 1 spiro atoms. The highest BCUT2D eigenvalue weighted by molar-refractivity contribution is 5.96. The molecule has 4 atom stereocenters. The molecule has 4 nitrogen and oxygen atoms in total. The van der Waals surface area contributed by atoms with Crippen LogP contribution in [-0.4, -0.2) is 24.9 Å². The van der Waals surface area contributed by atoms with Gasteiger partial charge in [0, 0.05) is 24.1 Å². The molecule has 34 heavy (non-hydrogen) atoms. The Morgan fingerprint density at radius 3 is 2.59 bits per heavy atom. The van der Waals surface area contributed by atoms with Crippen LogP contribution in [-0.2, 0) is 4.79 Å². The summed E-state index contributed by atoms with van der Waals surface area (Å²) in [4.78, 5) is 27.2. The first-order chi connectivity index (χ1) is 16.5. The van der Waals surface area contributed by atoms with Crippen LogP contribution < -0.4 is 10.6 Å². The number of rotatable bonds is 12. The summed E-state index contributed by atoms with van der Waals surface area (Å²) >= 11 is 0. The van der Waals surface area contributed by atoms with Crippen LogP contribution in [0.15, 0.2) is 24.3 Å². The van der Waals surface area contributed by atoms with Gasteiger partial charge in [0.15, 0.2) is 0 Å². The minimum absolute atomic E-state index is 0.0256. The lowest BCUT2D eigenvalue weighted by Gasteiger charge is -2.51. The molecule has 0 bridgehead atoms. The van der Waals surface area contributed by atoms with E-state index in [1.165, 1.54) is 12.8 Å². The molecule has 0 aromatic heterocycles. The van der Waals surface area contributed by atoms with E-state index in [1.807, 2.05) is 12.1 Å². The minimum Gasteiger partial charge on any atom is -0.355 e. The molecule has 1 aromatic rings. The van der Waals surface area contributed by atoms with Crippen molar-refractivity contribution in [1.29, 1.82) is 0 Å². The number of hydrogen-bond donors (Lipinski definition) is 2. The van der Waals surface area contributed by atoms with E-state index in [0.29, 0.717) is 5.92 Å². The van der Waals surface area contributed by atoms with Crippen LogP contribution in [0.2, 0.25) is 0 Å². The number of amides is 2. The zero-order valence-corrected chi connectivity index (χ0v) is 22.2. The van der Waals surface area contributed by atoms with Crippen molar-refractivity contribution in [3.05, 3.63) is 35.4 Å². The highest BCUT2D eigenvalue weighted by Crippen LogP contribution is 2.63. The molecule has 1 saturated heterocycles. The van der Waals surface area contributed by atoms with Gasteiger partial charge in [-0.05, 0) is 55.6 Å². The van der Waals surface area contributed by atoms with E-state index < -0.39 is 5.41 Å². The second-order valence-corrected chi connectivity index (χ2v) is 10.9. The number of benzene rings is 1. The monoisotopic (exact) mass is 468 g/mol. The fourth-order valence-electron chi connectivity index (χ4n) is 7.03. The van der Waals surface area contributed by atoms with Crippen molar-refractivity contribution < 1.29 is 9.59 Å². The van der Waals surface area contributed by atoms with Crippen LogP contribution in [0.4, 0.5) is 0 Å². The fourth-order valence-corrected chi connectivity index (χ4v) is 7.03. The Labute approximate surface area is 208 Å². The summed E-state index contributed by atoms with van der Waals surface area (Å²) in [7, 11) is 0. The maximum Gasteiger partial charge on any atom is 0.251 e. The Bertz CT molecular complexity index is 822. The Morgan fingerprint density at radius 2 is 1.88 bits per heavy atom. The van der Waals surface area contributed by atoms with Crippen molar-refractivity contribution in [3.63, 3.8) is 0 Å². The topological polar surface area (TPSA) is 58.2 Å². The average molecular weight is 469 g/mol. The zero-order chi connectivity index (χ0) is 24.6. The van der Waals surface area contributed by atoms with Gasteiger partial charge in [-0.2, -0.15) is 0 Å². The molecule has 2 aliphatic rings. The first-order valence-electron chi connectivity index (χ1n) is 14.1. The van der Waals surface area contributed by atoms with E-state index in [-0.39, 0.29) is 23.1 Å². The lowest BCUT2D eigenvalue weighted by Crippen LogP contribution is -2.49. The van der Waals surface area contributed by atoms with Gasteiger partial charge >= 0.3 is 0 Å². The van der Waals surface area contributed by atoms with E-state index in [4.69, 9.17) is 0 Å². The van der Waals surface area contributed by atoms with E-state index >= 15 is 0 Å². The molecule has 3 rings (SSSR count). The molecule has 2 N–H and O–H groups in total. The van der Waals surface area contributed by atoms with Crippen LogP contribution in [0.25, 0.3) is 0 Å². The summed E-state index contributed by atoms with van der Waals surface area (Å²) in [6, 6.07) is 8.14. The highest BCUT2D eigenvalue weighted by Gasteiger charge is 2.63. The Balaban J connectivity index is 1.94. The second-order valence-electron chi connectivity index (χ2n) is 10.9. The number of hydrogen-bond acceptors (Lipinski definition) is 2. The summed E-state index contributed by atoms with van der Waals surface area (Å²) in [5.74, 6) is 0.889. The van der Waals surface area contributed by atoms with Gasteiger partial charge < -0.3 is 10.6 Å². The minimum atomic E-state index is -0.404. The second kappa shape index (κ2) is 12.2. The molecule has 1 heterocycles. The third-order valence-electron chi connectivity index (χ3n) is 9.21. The largest absolute Gasteiger partial charge is 0.355 e. The molecule has 2 amide bonds. The Kier molecular flexibility index (Phi) is 9.62. The third-order valence-corrected chi connectivity index (χ3v) is 9.21. The lowest BCUT2D eigenvalue weighted by atomic mass is 9.50. The Hall–Kier alpha value is -1.84. The maximum atomic E-state index is 13.7. The van der Waals surface area contributed by atoms with Crippen molar-refractivity contribution in [2.24, 2.45) is 16.7 Å². The van der Waals surface area contributed by atoms with E-state index in [9.17, 15) is 9.59 Å². The number of unbranched alkanes of at least 4 members (excludes halogenated alkanes) is 2. The molecule has 190 valence electrons. The van der Waals surface area contributed by atoms with E-state index in [1.54, 1.807) is 0 Å². The molecular weight excluding hydrogens is 420 g/mol. The number of carbonyl (C=O) groups excluding carboxylic acids is 2. The standard InChI is InChI=1S/C30H48N2O2/c1-5-9-15-23(7-3)21-31-27(33)25-17-12-11-16-24(25)26-18-13-14-20-30(26)28(34)32-22-29(30,8-4)19-10-6-2/h11-12,16-17,23,26H,5-10,13-15,18-22H2,1-4H3,(H,31,33)(H,32,34). The van der Waals surface area contributed by atoms with Crippen molar-refractivity contribution in [3.8, 4) is 0 Å². The third kappa shape index (κ3) is 5.06. The van der Waals surface area contributed by atoms with E-state index in [2.05, 4.69) is 50.5 Å². The summed E-state index contributed by atoms with van der Waals surface area (Å²) in [6.45, 7) is 10.5. The predicted octanol–water partition coefficient (Wildman–Crippen LogP) is 6.99. The summed E-state index contributed by atoms with van der Waals surface area (Å²) in [6.07, 6.45) is 13.2. The van der Waals surface area contributed by atoms with Gasteiger partial charge in [0.1, 0.15) is 0 Å². The fraction of sp³-hybridized carbons (Fsp3) is 0.733. The van der Waals surface area contributed by atoms with Crippen molar-refractivity contribution in [1.82, 2.24) is 10.6 Å². The maximum absolute atomic E-state index is 13.7. The lowest BCUT2D eigenvalue weighted by molar-refractivity contribution is -0.137. The molecule has 4 heteroatoms. The molecule has 1 aliphatic heterocycles. The van der Waals surface area contributed by atoms with Crippen LogP contribution in [0, 0.1) is 16.7 Å². The molecule has 1 aliphatic carbocycles. The van der Waals surface area contributed by atoms with E-state index in [0.717, 1.165) is 88.4 Å². The van der Waals surface area contributed by atoms with Gasteiger partial charge in [0.25, 0.3) is 5.91 Å². The van der Waals surface area contributed by atoms with Crippen LogP contribution in [0.1, 0.15) is 127 Å². The molecule has 1 saturated carbocycles. The summed E-state index contributed by atoms with van der Waals surface area (Å²) in [5.41, 5.74) is 1.44. The summed E-state index contributed by atoms with van der Waals surface area (Å²) < 4.78 is 0. The van der Waals surface area contributed by atoms with Gasteiger partial charge in [-0.25, -0.2) is 0 Å². The van der Waals surface area contributed by atoms with Crippen molar-refractivity contribution in [2.45, 2.75) is 111 Å². The first kappa shape index (κ1) is 26.8. The smallest absolute Gasteiger partial charge is 0.251 e. The molecule has 4 unspecified atom stereocenters. The van der Waals surface area contributed by atoms with Crippen molar-refractivity contribution in [2.75, 3.05) is 13.1 Å². The van der Waals surface area contributed by atoms with Gasteiger partial charge in [0.05, 0.1) is 5.41 Å². The number of nitrogens with one attached hydrogen (secondary N) is 2. The zero-order valence-electron chi connectivity index (χ0n) is 22.2. The van der Waals surface area contributed by atoms with Crippen LogP contribution >= 0.6 is 0 Å².